The minimum atomic E-state index is -1.65. The second kappa shape index (κ2) is 28.4. The molecule has 23 heteroatoms. The Morgan fingerprint density at radius 1 is 0.836 bits per heavy atom. The first kappa shape index (κ1) is 57.3. The number of thioether (sulfide) groups is 1. The molecule has 15 N–H and O–H groups in total. The van der Waals surface area contributed by atoms with E-state index in [1.165, 1.54) is 13.8 Å². The first-order valence-electron chi connectivity index (χ1n) is 22.5. The number of hydrogen-bond acceptors (Lipinski definition) is 13. The van der Waals surface area contributed by atoms with Crippen LogP contribution in [-0.4, -0.2) is 137 Å². The Bertz CT molecular complexity index is 1900. The maximum absolute atomic E-state index is 13.9. The second-order valence-corrected chi connectivity index (χ2v) is 18.5. The molecule has 67 heavy (non-hydrogen) atoms. The number of aliphatic imine (C=N–C) groups is 1. The second-order valence-electron chi connectivity index (χ2n) is 17.5. The fourth-order valence-electron chi connectivity index (χ4n) is 6.61. The standard InChI is InChI=1S/C44H72N12O10S/c1-9-24(6)34(55-40(63)33(45)23(4)5)41(64)52-28(16-13-17-48-44(46)47)37(60)49-20-32(58)51-31-21-67-43(66)30(18-22(2)3)54-38(61)29(19-27-14-11-10-12-15-27)53-36(59)25(7)50-42(65)35(26(8)57)56-39(31)62/h10-12,14-15,22-26,28-31,33-35,57H,9,13,16-21,45H2,1-8H3,(H,49,60)(H,50,65)(H,51,58)(H,52,64)(H,53,59)(H,54,61)(H,55,63)(H,56,62)(H4,46,47,48)/t24-,25-,26+,28-,29-,30-,31-,33-,34-,35-/m0/s1. The summed E-state index contributed by atoms with van der Waals surface area (Å²) in [6, 6.07) is -1.15. The highest BCUT2D eigenvalue weighted by Crippen LogP contribution is 2.17. The predicted molar refractivity (Wildman–Crippen MR) is 253 cm³/mol. The summed E-state index contributed by atoms with van der Waals surface area (Å²) < 4.78 is 0. The number of benzene rings is 1. The Hall–Kier alpha value is -5.81. The molecule has 2 rings (SSSR count). The summed E-state index contributed by atoms with van der Waals surface area (Å²) in [5.41, 5.74) is 17.6. The Morgan fingerprint density at radius 3 is 2.06 bits per heavy atom. The van der Waals surface area contributed by atoms with Crippen LogP contribution in [0.2, 0.25) is 0 Å². The Labute approximate surface area is 396 Å². The van der Waals surface area contributed by atoms with Crippen molar-refractivity contribution in [1.82, 2.24) is 42.5 Å². The average Bonchev–Trinajstić information content (AvgIpc) is 3.26. The van der Waals surface area contributed by atoms with Crippen molar-refractivity contribution in [3.63, 3.8) is 0 Å². The lowest BCUT2D eigenvalue weighted by Crippen LogP contribution is -2.61. The summed E-state index contributed by atoms with van der Waals surface area (Å²) >= 11 is 0.617. The van der Waals surface area contributed by atoms with Crippen LogP contribution < -0.4 is 59.7 Å². The van der Waals surface area contributed by atoms with Gasteiger partial charge >= 0.3 is 0 Å². The zero-order valence-corrected chi connectivity index (χ0v) is 40.5. The molecule has 0 unspecified atom stereocenters. The highest BCUT2D eigenvalue weighted by atomic mass is 32.2. The summed E-state index contributed by atoms with van der Waals surface area (Å²) in [6.45, 7) is 12.7. The quantitative estimate of drug-likeness (QED) is 0.0367. The zero-order chi connectivity index (χ0) is 50.5. The van der Waals surface area contributed by atoms with Crippen LogP contribution in [0, 0.1) is 17.8 Å². The van der Waals surface area contributed by atoms with Gasteiger partial charge in [-0.15, -0.1) is 0 Å². The van der Waals surface area contributed by atoms with Gasteiger partial charge in [-0.2, -0.15) is 0 Å². The van der Waals surface area contributed by atoms with E-state index in [9.17, 15) is 48.3 Å². The van der Waals surface area contributed by atoms with E-state index in [-0.39, 0.29) is 55.9 Å². The Balaban J connectivity index is 2.42. The molecule has 374 valence electrons. The summed E-state index contributed by atoms with van der Waals surface area (Å²) in [5.74, 6) is -7.68. The third-order valence-electron chi connectivity index (χ3n) is 10.9. The smallest absolute Gasteiger partial charge is 0.245 e. The van der Waals surface area contributed by atoms with Crippen molar-refractivity contribution in [2.45, 2.75) is 142 Å². The number of guanidine groups is 1. The number of hydrogen-bond donors (Lipinski definition) is 12. The van der Waals surface area contributed by atoms with E-state index in [1.54, 1.807) is 51.1 Å². The van der Waals surface area contributed by atoms with E-state index in [0.29, 0.717) is 23.7 Å². The summed E-state index contributed by atoms with van der Waals surface area (Å²) in [6.07, 6.45) is -0.611. The molecule has 0 spiro atoms. The molecule has 1 heterocycles. The molecule has 0 saturated carbocycles. The lowest BCUT2D eigenvalue weighted by Gasteiger charge is -2.28. The molecule has 1 aromatic rings. The van der Waals surface area contributed by atoms with Gasteiger partial charge in [0.15, 0.2) is 5.96 Å². The van der Waals surface area contributed by atoms with Gasteiger partial charge < -0.3 is 64.8 Å². The predicted octanol–water partition coefficient (Wildman–Crippen LogP) is -2.46. The van der Waals surface area contributed by atoms with Crippen LogP contribution in [0.25, 0.3) is 0 Å². The van der Waals surface area contributed by atoms with Crippen LogP contribution in [0.3, 0.4) is 0 Å². The summed E-state index contributed by atoms with van der Waals surface area (Å²) in [5, 5.41) is 30.5. The van der Waals surface area contributed by atoms with Crippen molar-refractivity contribution in [2.75, 3.05) is 18.8 Å². The minimum Gasteiger partial charge on any atom is -0.391 e. The molecule has 0 aromatic heterocycles. The van der Waals surface area contributed by atoms with Crippen LogP contribution in [0.4, 0.5) is 0 Å². The number of nitrogens with one attached hydrogen (secondary N) is 8. The van der Waals surface area contributed by atoms with Crippen molar-refractivity contribution in [2.24, 2.45) is 39.9 Å². The van der Waals surface area contributed by atoms with Crippen molar-refractivity contribution in [3.05, 3.63) is 35.9 Å². The fraction of sp³-hybridized carbons (Fsp3) is 0.636. The lowest BCUT2D eigenvalue weighted by molar-refractivity contribution is -0.136. The molecule has 1 aliphatic rings. The van der Waals surface area contributed by atoms with Gasteiger partial charge in [-0.3, -0.25) is 48.1 Å². The largest absolute Gasteiger partial charge is 0.391 e. The Kier molecular flexibility index (Phi) is 24.3. The van der Waals surface area contributed by atoms with Gasteiger partial charge in [-0.05, 0) is 56.4 Å². The van der Waals surface area contributed by atoms with Crippen molar-refractivity contribution in [3.8, 4) is 0 Å². The van der Waals surface area contributed by atoms with Crippen LogP contribution in [0.5, 0.6) is 0 Å². The number of aliphatic hydroxyl groups excluding tert-OH is 1. The molecule has 0 aliphatic carbocycles. The average molecular weight is 961 g/mol. The van der Waals surface area contributed by atoms with E-state index in [1.807, 2.05) is 20.8 Å². The molecular formula is C44H72N12O10S. The number of nitrogens with zero attached hydrogens (tertiary/aromatic N) is 1. The molecule has 8 amide bonds. The van der Waals surface area contributed by atoms with Gasteiger partial charge in [0.2, 0.25) is 52.4 Å². The molecule has 0 bridgehead atoms. The van der Waals surface area contributed by atoms with E-state index < -0.39 is 119 Å². The topological polar surface area (TPSA) is 361 Å². The fourth-order valence-corrected chi connectivity index (χ4v) is 7.54. The minimum absolute atomic E-state index is 0.00338. The molecule has 22 nitrogen and oxygen atoms in total. The molecule has 0 radical (unpaired) electrons. The van der Waals surface area contributed by atoms with Crippen LogP contribution in [0.1, 0.15) is 86.6 Å². The third kappa shape index (κ3) is 19.9. The van der Waals surface area contributed by atoms with Gasteiger partial charge in [0.05, 0.1) is 24.7 Å². The molecule has 1 fully saturated rings. The van der Waals surface area contributed by atoms with E-state index in [2.05, 4.69) is 47.5 Å². The van der Waals surface area contributed by atoms with Gasteiger partial charge in [0.1, 0.15) is 36.3 Å². The van der Waals surface area contributed by atoms with Gasteiger partial charge in [-0.1, -0.05) is 90.1 Å². The number of carbonyl (C=O) groups excluding carboxylic acids is 9. The third-order valence-corrected chi connectivity index (χ3v) is 12.0. The van der Waals surface area contributed by atoms with Crippen molar-refractivity contribution in [1.29, 1.82) is 0 Å². The number of amides is 8. The van der Waals surface area contributed by atoms with Crippen LogP contribution >= 0.6 is 11.8 Å². The molecule has 10 atom stereocenters. The van der Waals surface area contributed by atoms with Crippen molar-refractivity contribution >= 4 is 70.1 Å². The molecule has 1 aliphatic heterocycles. The Morgan fingerprint density at radius 2 is 1.48 bits per heavy atom. The first-order chi connectivity index (χ1) is 31.4. The highest BCUT2D eigenvalue weighted by molar-refractivity contribution is 8.13. The molecule has 1 saturated heterocycles. The molecular weight excluding hydrogens is 889 g/mol. The van der Waals surface area contributed by atoms with Crippen LogP contribution in [-0.2, 0) is 49.6 Å². The van der Waals surface area contributed by atoms with Gasteiger partial charge in [0.25, 0.3) is 0 Å². The summed E-state index contributed by atoms with van der Waals surface area (Å²) in [4.78, 5) is 126. The van der Waals surface area contributed by atoms with Gasteiger partial charge in [-0.25, -0.2) is 0 Å². The van der Waals surface area contributed by atoms with Crippen LogP contribution in [0.15, 0.2) is 35.3 Å². The lowest BCUT2D eigenvalue weighted by atomic mass is 9.96. The SMILES string of the molecule is CC[C@H](C)[C@H](NC(=O)[C@@H](N)C(C)C)C(=O)N[C@@H](CCCN=C(N)N)C(=O)NCC(=O)N[C@H]1CSC(=O)[C@H](CC(C)C)NC(=O)[C@H](Cc2ccccc2)NC(=O)[C@H](C)NC(=O)[C@H]([C@@H](C)O)NC1=O. The summed E-state index contributed by atoms with van der Waals surface area (Å²) in [7, 11) is 0. The first-order valence-corrected chi connectivity index (χ1v) is 23.5. The van der Waals surface area contributed by atoms with E-state index in [0.717, 1.165) is 0 Å². The number of carbonyl (C=O) groups is 9. The zero-order valence-electron chi connectivity index (χ0n) is 39.7. The van der Waals surface area contributed by atoms with Gasteiger partial charge in [0, 0.05) is 18.7 Å². The monoisotopic (exact) mass is 961 g/mol. The number of nitrogens with two attached hydrogens (primary N) is 3. The maximum atomic E-state index is 13.9. The van der Waals surface area contributed by atoms with E-state index >= 15 is 0 Å². The molecule has 1 aromatic carbocycles. The highest BCUT2D eigenvalue weighted by Gasteiger charge is 2.36. The van der Waals surface area contributed by atoms with E-state index in [4.69, 9.17) is 17.2 Å². The van der Waals surface area contributed by atoms with Crippen molar-refractivity contribution < 1.29 is 48.3 Å². The number of rotatable bonds is 20. The maximum Gasteiger partial charge on any atom is 0.245 e. The number of aliphatic hydroxyl groups is 1. The normalized spacial score (nSPS) is 22.1.